The molecule has 0 aliphatic rings. The molecule has 2 N–H and O–H groups in total. The Balaban J connectivity index is -0.000000174. The molecule has 0 aromatic heterocycles. The minimum Gasteiger partial charge on any atom is -0.465 e. The van der Waals surface area contributed by atoms with Gasteiger partial charge in [-0.15, -0.1) is 0 Å². The predicted molar refractivity (Wildman–Crippen MR) is 138 cm³/mol. The quantitative estimate of drug-likeness (QED) is 0.324. The van der Waals surface area contributed by atoms with E-state index >= 15 is 0 Å². The van der Waals surface area contributed by atoms with Crippen molar-refractivity contribution in [2.24, 2.45) is 27.9 Å². The van der Waals surface area contributed by atoms with E-state index in [1.807, 2.05) is 0 Å². The molecule has 30 heavy (non-hydrogen) atoms. The lowest BCUT2D eigenvalue weighted by molar-refractivity contribution is -0.145. The summed E-state index contributed by atoms with van der Waals surface area (Å²) in [5, 5.41) is 0. The van der Waals surface area contributed by atoms with Gasteiger partial charge in [0.25, 0.3) is 0 Å². The van der Waals surface area contributed by atoms with Crippen molar-refractivity contribution in [1.82, 2.24) is 0 Å². The first kappa shape index (κ1) is 36.8. The highest BCUT2D eigenvalue weighted by Crippen LogP contribution is 2.23. The van der Waals surface area contributed by atoms with Crippen molar-refractivity contribution in [1.29, 1.82) is 0 Å². The summed E-state index contributed by atoms with van der Waals surface area (Å²) in [4.78, 5) is 10.9. The van der Waals surface area contributed by atoms with Gasteiger partial charge in [0, 0.05) is 0 Å². The fraction of sp³-hybridized carbons (Fsp3) is 0.963. The Hall–Kier alpha value is -0.570. The number of hydrogen-bond donors (Lipinski definition) is 1. The summed E-state index contributed by atoms with van der Waals surface area (Å²) in [6, 6.07) is -0.505. The molecule has 3 heteroatoms. The number of unbranched alkanes of at least 4 members (excludes halogenated alkanes) is 1. The highest BCUT2D eigenvalue weighted by molar-refractivity contribution is 5.74. The fourth-order valence-electron chi connectivity index (χ4n) is 2.84. The Morgan fingerprint density at radius 1 is 0.800 bits per heavy atom. The SMILES string of the molecule is C.CC(C)CC(C)(C)C.CC(N)C(=O)OCCCC(C)(C)C.CCCCC(C)(C)C. The molecule has 1 unspecified atom stereocenters. The third-order valence-electron chi connectivity index (χ3n) is 3.99. The fourth-order valence-corrected chi connectivity index (χ4v) is 2.84. The summed E-state index contributed by atoms with van der Waals surface area (Å²) >= 11 is 0. The molecular formula is C27H61NO2. The van der Waals surface area contributed by atoms with Crippen molar-refractivity contribution < 1.29 is 9.53 Å². The summed E-state index contributed by atoms with van der Waals surface area (Å²) in [5.41, 5.74) is 6.71. The summed E-state index contributed by atoms with van der Waals surface area (Å²) < 4.78 is 4.93. The Morgan fingerprint density at radius 3 is 1.40 bits per heavy atom. The number of ether oxygens (including phenoxy) is 1. The van der Waals surface area contributed by atoms with E-state index in [0.29, 0.717) is 22.9 Å². The normalized spacial score (nSPS) is 12.6. The van der Waals surface area contributed by atoms with E-state index in [0.717, 1.165) is 18.8 Å². The number of rotatable bonds is 7. The van der Waals surface area contributed by atoms with E-state index in [9.17, 15) is 4.79 Å². The van der Waals surface area contributed by atoms with E-state index in [2.05, 4.69) is 83.1 Å². The molecule has 0 aromatic rings. The van der Waals surface area contributed by atoms with E-state index in [1.165, 1.54) is 25.7 Å². The second-order valence-electron chi connectivity index (χ2n) is 12.4. The average Bonchev–Trinajstić information content (AvgIpc) is 2.46. The summed E-state index contributed by atoms with van der Waals surface area (Å²) in [7, 11) is 0. The third kappa shape index (κ3) is 41.7. The maximum atomic E-state index is 10.9. The number of carbonyl (C=O) groups excluding carboxylic acids is 1. The summed E-state index contributed by atoms with van der Waals surface area (Å²) in [6.45, 7) is 29.1. The lowest BCUT2D eigenvalue weighted by Gasteiger charge is -2.19. The van der Waals surface area contributed by atoms with Crippen LogP contribution >= 0.6 is 0 Å². The molecule has 0 aliphatic heterocycles. The minimum absolute atomic E-state index is 0. The molecule has 0 heterocycles. The molecular weight excluding hydrogens is 370 g/mol. The smallest absolute Gasteiger partial charge is 0.322 e. The average molecular weight is 432 g/mol. The first-order valence-corrected chi connectivity index (χ1v) is 11.7. The first-order valence-electron chi connectivity index (χ1n) is 11.7. The van der Waals surface area contributed by atoms with Gasteiger partial charge < -0.3 is 10.5 Å². The lowest BCUT2D eigenvalue weighted by Crippen LogP contribution is -2.29. The molecule has 0 saturated carbocycles. The monoisotopic (exact) mass is 431 g/mol. The van der Waals surface area contributed by atoms with Crippen LogP contribution < -0.4 is 5.73 Å². The topological polar surface area (TPSA) is 52.3 Å². The molecule has 0 fully saturated rings. The Morgan fingerprint density at radius 2 is 1.20 bits per heavy atom. The second kappa shape index (κ2) is 18.0. The van der Waals surface area contributed by atoms with Gasteiger partial charge in [-0.3, -0.25) is 4.79 Å². The van der Waals surface area contributed by atoms with Gasteiger partial charge in [0.1, 0.15) is 6.04 Å². The first-order chi connectivity index (χ1) is 12.8. The second-order valence-corrected chi connectivity index (χ2v) is 12.4. The molecule has 0 amide bonds. The van der Waals surface area contributed by atoms with Crippen LogP contribution in [0, 0.1) is 22.2 Å². The predicted octanol–water partition coefficient (Wildman–Crippen LogP) is 8.64. The molecule has 1 atom stereocenters. The third-order valence-corrected chi connectivity index (χ3v) is 3.99. The van der Waals surface area contributed by atoms with Crippen LogP contribution in [0.5, 0.6) is 0 Å². The summed E-state index contributed by atoms with van der Waals surface area (Å²) in [5.74, 6) is 0.531. The van der Waals surface area contributed by atoms with Gasteiger partial charge in [-0.25, -0.2) is 0 Å². The van der Waals surface area contributed by atoms with Gasteiger partial charge in [0.15, 0.2) is 0 Å². The zero-order valence-corrected chi connectivity index (χ0v) is 22.5. The maximum Gasteiger partial charge on any atom is 0.322 e. The molecule has 186 valence electrons. The zero-order chi connectivity index (χ0) is 23.9. The van der Waals surface area contributed by atoms with Gasteiger partial charge in [0.05, 0.1) is 6.61 Å². The standard InChI is InChI=1S/C10H21NO2.2C8H18.CH4/c1-8(11)9(12)13-7-5-6-10(2,3)4;1-7(2)6-8(3,4)5;1-5-6-7-8(2,3)4;/h8H,5-7,11H2,1-4H3;7H,6H2,1-5H3;5-7H2,1-4H3;1H4. The van der Waals surface area contributed by atoms with Crippen molar-refractivity contribution >= 4 is 5.97 Å². The Kier molecular flexibility index (Phi) is 22.1. The van der Waals surface area contributed by atoms with Crippen LogP contribution in [0.3, 0.4) is 0 Å². The van der Waals surface area contributed by atoms with Crippen LogP contribution in [0.2, 0.25) is 0 Å². The van der Waals surface area contributed by atoms with Gasteiger partial charge in [-0.05, 0) is 54.8 Å². The highest BCUT2D eigenvalue weighted by atomic mass is 16.5. The van der Waals surface area contributed by atoms with Gasteiger partial charge >= 0.3 is 5.97 Å². The molecule has 0 aliphatic carbocycles. The van der Waals surface area contributed by atoms with Crippen LogP contribution in [-0.4, -0.2) is 18.6 Å². The molecule has 0 bridgehead atoms. The van der Waals surface area contributed by atoms with Gasteiger partial charge in [-0.2, -0.15) is 0 Å². The van der Waals surface area contributed by atoms with Gasteiger partial charge in [-0.1, -0.05) is 103 Å². The van der Waals surface area contributed by atoms with Crippen LogP contribution in [0.25, 0.3) is 0 Å². The highest BCUT2D eigenvalue weighted by Gasteiger charge is 2.12. The van der Waals surface area contributed by atoms with Crippen LogP contribution in [0.15, 0.2) is 0 Å². The van der Waals surface area contributed by atoms with Crippen LogP contribution in [0.4, 0.5) is 0 Å². The lowest BCUT2D eigenvalue weighted by atomic mass is 9.86. The van der Waals surface area contributed by atoms with Crippen molar-refractivity contribution in [2.45, 2.75) is 142 Å². The largest absolute Gasteiger partial charge is 0.465 e. The number of carbonyl (C=O) groups is 1. The van der Waals surface area contributed by atoms with Crippen molar-refractivity contribution in [3.8, 4) is 0 Å². The van der Waals surface area contributed by atoms with Crippen LogP contribution in [-0.2, 0) is 9.53 Å². The van der Waals surface area contributed by atoms with Crippen molar-refractivity contribution in [3.63, 3.8) is 0 Å². The number of nitrogens with two attached hydrogens (primary N) is 1. The van der Waals surface area contributed by atoms with E-state index in [4.69, 9.17) is 10.5 Å². The summed E-state index contributed by atoms with van der Waals surface area (Å²) in [6.07, 6.45) is 7.36. The van der Waals surface area contributed by atoms with E-state index in [-0.39, 0.29) is 13.4 Å². The van der Waals surface area contributed by atoms with Gasteiger partial charge in [0.2, 0.25) is 0 Å². The molecule has 0 rings (SSSR count). The number of esters is 1. The van der Waals surface area contributed by atoms with Crippen molar-refractivity contribution in [2.75, 3.05) is 6.61 Å². The van der Waals surface area contributed by atoms with E-state index in [1.54, 1.807) is 6.92 Å². The molecule has 3 nitrogen and oxygen atoms in total. The molecule has 0 aromatic carbocycles. The molecule has 0 spiro atoms. The zero-order valence-electron chi connectivity index (χ0n) is 22.5. The minimum atomic E-state index is -0.505. The van der Waals surface area contributed by atoms with Crippen molar-refractivity contribution in [3.05, 3.63) is 0 Å². The Bertz CT molecular complexity index is 379. The Labute approximate surface area is 192 Å². The molecule has 0 saturated heterocycles. The molecule has 0 radical (unpaired) electrons. The number of hydrogen-bond acceptors (Lipinski definition) is 3. The van der Waals surface area contributed by atoms with E-state index < -0.39 is 6.04 Å². The van der Waals surface area contributed by atoms with Crippen LogP contribution in [0.1, 0.15) is 136 Å². The maximum absolute atomic E-state index is 10.9.